The summed E-state index contributed by atoms with van der Waals surface area (Å²) < 4.78 is 7.65. The highest BCUT2D eigenvalue weighted by Crippen LogP contribution is 2.35. The van der Waals surface area contributed by atoms with Crippen LogP contribution in [0.4, 0.5) is 5.95 Å². The molecule has 0 aromatic carbocycles. The average molecular weight is 298 g/mol. The van der Waals surface area contributed by atoms with Crippen LogP contribution in [0.15, 0.2) is 17.2 Å². The molecule has 11 nitrogen and oxygen atoms in total. The standard InChI is InChI=1S/C10H14N6O5/c11-7-13-8-15(1-2-16(8)9(19)14-7)6-10(12,20)5(18)4(3-17)21-6/h1-2,4-6,17-18,20H,3,12H2,(H2,11,14,19)/t4-,5-,6-,10-/m1/s1. The quantitative estimate of drug-likeness (QED) is 0.350. The first kappa shape index (κ1) is 13.9. The number of imidazole rings is 1. The molecule has 7 N–H and O–H groups in total. The van der Waals surface area contributed by atoms with Gasteiger partial charge in [0.1, 0.15) is 12.2 Å². The number of nitrogen functional groups attached to an aromatic ring is 1. The number of rotatable bonds is 2. The maximum atomic E-state index is 11.7. The summed E-state index contributed by atoms with van der Waals surface area (Å²) in [6.07, 6.45) is -1.13. The van der Waals surface area contributed by atoms with Crippen molar-refractivity contribution in [2.45, 2.75) is 24.2 Å². The van der Waals surface area contributed by atoms with E-state index >= 15 is 0 Å². The minimum Gasteiger partial charge on any atom is -0.394 e. The van der Waals surface area contributed by atoms with Gasteiger partial charge in [0.05, 0.1) is 6.61 Å². The van der Waals surface area contributed by atoms with E-state index in [4.69, 9.17) is 21.3 Å². The van der Waals surface area contributed by atoms with Crippen LogP contribution in [0.3, 0.4) is 0 Å². The smallest absolute Gasteiger partial charge is 0.357 e. The lowest BCUT2D eigenvalue weighted by Gasteiger charge is -2.27. The molecule has 4 atom stereocenters. The van der Waals surface area contributed by atoms with E-state index in [0.717, 1.165) is 4.40 Å². The van der Waals surface area contributed by atoms with Crippen molar-refractivity contribution in [1.29, 1.82) is 0 Å². The molecule has 0 bridgehead atoms. The first-order chi connectivity index (χ1) is 9.86. The van der Waals surface area contributed by atoms with Gasteiger partial charge in [-0.15, -0.1) is 0 Å². The summed E-state index contributed by atoms with van der Waals surface area (Å²) in [6.45, 7) is -0.534. The van der Waals surface area contributed by atoms with E-state index in [-0.39, 0.29) is 11.7 Å². The first-order valence-electron chi connectivity index (χ1n) is 6.04. The molecule has 0 unspecified atom stereocenters. The SMILES string of the molecule is Nc1nc(=O)n2ccn([C@@H]3O[C@H](CO)[C@@H](O)[C@@]3(N)O)c2n1. The molecular formula is C10H14N6O5. The number of ether oxygens (including phenoxy) is 1. The van der Waals surface area contributed by atoms with Crippen molar-refractivity contribution in [2.24, 2.45) is 5.73 Å². The van der Waals surface area contributed by atoms with Crippen LogP contribution in [-0.4, -0.2) is 58.8 Å². The lowest BCUT2D eigenvalue weighted by atomic mass is 10.1. The zero-order valence-electron chi connectivity index (χ0n) is 10.7. The Kier molecular flexibility index (Phi) is 2.96. The Hall–Kier alpha value is -2.05. The fraction of sp³-hybridized carbons (Fsp3) is 0.500. The third kappa shape index (κ3) is 1.91. The topological polar surface area (TPSA) is 174 Å². The van der Waals surface area contributed by atoms with Gasteiger partial charge in [-0.25, -0.2) is 9.20 Å². The molecule has 11 heteroatoms. The molecule has 21 heavy (non-hydrogen) atoms. The van der Waals surface area contributed by atoms with E-state index < -0.39 is 36.5 Å². The Morgan fingerprint density at radius 2 is 2.14 bits per heavy atom. The summed E-state index contributed by atoms with van der Waals surface area (Å²) >= 11 is 0. The van der Waals surface area contributed by atoms with Gasteiger partial charge in [-0.05, 0) is 0 Å². The maximum absolute atomic E-state index is 11.7. The summed E-state index contributed by atoms with van der Waals surface area (Å²) in [5, 5.41) is 29.2. The Balaban J connectivity index is 2.15. The summed E-state index contributed by atoms with van der Waals surface area (Å²) in [4.78, 5) is 19.0. The average Bonchev–Trinajstić information content (AvgIpc) is 2.91. The van der Waals surface area contributed by atoms with Crippen LogP contribution in [0, 0.1) is 0 Å². The van der Waals surface area contributed by atoms with E-state index in [2.05, 4.69) is 9.97 Å². The van der Waals surface area contributed by atoms with Gasteiger partial charge >= 0.3 is 5.69 Å². The molecule has 3 rings (SSSR count). The molecule has 1 aliphatic rings. The zero-order chi connectivity index (χ0) is 15.4. The van der Waals surface area contributed by atoms with Crippen LogP contribution in [0.25, 0.3) is 5.78 Å². The summed E-state index contributed by atoms with van der Waals surface area (Å²) in [5.41, 5.74) is 8.27. The van der Waals surface area contributed by atoms with Crippen molar-refractivity contribution < 1.29 is 20.1 Å². The Bertz CT molecular complexity index is 739. The van der Waals surface area contributed by atoms with Gasteiger partial charge in [-0.3, -0.25) is 10.3 Å². The molecule has 1 aliphatic heterocycles. The lowest BCUT2D eigenvalue weighted by molar-refractivity contribution is -0.103. The Morgan fingerprint density at radius 1 is 1.43 bits per heavy atom. The Morgan fingerprint density at radius 3 is 2.76 bits per heavy atom. The van der Waals surface area contributed by atoms with E-state index in [1.807, 2.05) is 0 Å². The highest BCUT2D eigenvalue weighted by molar-refractivity contribution is 5.35. The summed E-state index contributed by atoms with van der Waals surface area (Å²) in [7, 11) is 0. The molecule has 0 saturated carbocycles. The number of aromatic nitrogens is 4. The van der Waals surface area contributed by atoms with Gasteiger partial charge < -0.3 is 25.8 Å². The number of nitrogens with two attached hydrogens (primary N) is 2. The summed E-state index contributed by atoms with van der Waals surface area (Å²) in [6, 6.07) is 0. The normalized spacial score (nSPS) is 32.9. The molecule has 2 aromatic rings. The molecule has 2 aromatic heterocycles. The predicted octanol–water partition coefficient (Wildman–Crippen LogP) is -3.63. The van der Waals surface area contributed by atoms with Crippen LogP contribution >= 0.6 is 0 Å². The van der Waals surface area contributed by atoms with Crippen molar-refractivity contribution in [3.8, 4) is 0 Å². The minimum atomic E-state index is -2.18. The molecule has 114 valence electrons. The van der Waals surface area contributed by atoms with Crippen molar-refractivity contribution in [3.05, 3.63) is 22.9 Å². The van der Waals surface area contributed by atoms with Gasteiger partial charge in [0, 0.05) is 12.4 Å². The molecule has 0 aliphatic carbocycles. The number of hydrogen-bond donors (Lipinski definition) is 5. The largest absolute Gasteiger partial charge is 0.394 e. The van der Waals surface area contributed by atoms with E-state index in [0.29, 0.717) is 0 Å². The van der Waals surface area contributed by atoms with Crippen LogP contribution in [0.5, 0.6) is 0 Å². The van der Waals surface area contributed by atoms with Crippen LogP contribution in [0.1, 0.15) is 6.23 Å². The van der Waals surface area contributed by atoms with Crippen molar-refractivity contribution in [2.75, 3.05) is 12.3 Å². The number of aliphatic hydroxyl groups is 3. The van der Waals surface area contributed by atoms with E-state index in [1.54, 1.807) is 0 Å². The number of aliphatic hydroxyl groups excluding tert-OH is 2. The second-order valence-electron chi connectivity index (χ2n) is 4.78. The Labute approximate surface area is 117 Å². The third-order valence-corrected chi connectivity index (χ3v) is 3.41. The molecule has 0 amide bonds. The number of nitrogens with zero attached hydrogens (tertiary/aromatic N) is 4. The van der Waals surface area contributed by atoms with Gasteiger partial charge in [-0.1, -0.05) is 0 Å². The second kappa shape index (κ2) is 4.47. The molecule has 1 saturated heterocycles. The highest BCUT2D eigenvalue weighted by Gasteiger charge is 2.54. The van der Waals surface area contributed by atoms with Crippen molar-refractivity contribution in [1.82, 2.24) is 18.9 Å². The number of hydrogen-bond acceptors (Lipinski definition) is 9. The first-order valence-corrected chi connectivity index (χ1v) is 6.04. The highest BCUT2D eigenvalue weighted by atomic mass is 16.6. The number of fused-ring (bicyclic) bond motifs is 1. The fourth-order valence-corrected chi connectivity index (χ4v) is 2.34. The molecule has 1 fully saturated rings. The minimum absolute atomic E-state index is 0.0344. The fourth-order valence-electron chi connectivity index (χ4n) is 2.34. The monoisotopic (exact) mass is 298 g/mol. The van der Waals surface area contributed by atoms with Crippen LogP contribution in [-0.2, 0) is 4.74 Å². The zero-order valence-corrected chi connectivity index (χ0v) is 10.7. The molecular weight excluding hydrogens is 284 g/mol. The predicted molar refractivity (Wildman–Crippen MR) is 67.8 cm³/mol. The van der Waals surface area contributed by atoms with Gasteiger partial charge in [-0.2, -0.15) is 9.97 Å². The van der Waals surface area contributed by atoms with Crippen LogP contribution < -0.4 is 17.2 Å². The van der Waals surface area contributed by atoms with Gasteiger partial charge in [0.25, 0.3) is 0 Å². The second-order valence-corrected chi connectivity index (χ2v) is 4.78. The van der Waals surface area contributed by atoms with Gasteiger partial charge in [0.2, 0.25) is 11.7 Å². The van der Waals surface area contributed by atoms with Crippen molar-refractivity contribution >= 4 is 11.7 Å². The third-order valence-electron chi connectivity index (χ3n) is 3.41. The summed E-state index contributed by atoms with van der Waals surface area (Å²) in [5.74, 6) is -0.218. The van der Waals surface area contributed by atoms with Gasteiger partial charge in [0.15, 0.2) is 12.0 Å². The lowest BCUT2D eigenvalue weighted by Crippen LogP contribution is -2.54. The molecule has 3 heterocycles. The molecule has 0 spiro atoms. The van der Waals surface area contributed by atoms with E-state index in [9.17, 15) is 15.0 Å². The number of anilines is 1. The van der Waals surface area contributed by atoms with Crippen LogP contribution in [0.2, 0.25) is 0 Å². The molecule has 0 radical (unpaired) electrons. The maximum Gasteiger partial charge on any atom is 0.357 e. The van der Waals surface area contributed by atoms with Crippen molar-refractivity contribution in [3.63, 3.8) is 0 Å². The van der Waals surface area contributed by atoms with E-state index in [1.165, 1.54) is 17.0 Å².